The first kappa shape index (κ1) is 12.5. The molecule has 0 saturated carbocycles. The Kier molecular flexibility index (Phi) is 3.59. The highest BCUT2D eigenvalue weighted by Crippen LogP contribution is 2.24. The van der Waals surface area contributed by atoms with Crippen molar-refractivity contribution in [1.82, 2.24) is 9.97 Å². The number of fused-ring (bicyclic) bond motifs is 1. The van der Waals surface area contributed by atoms with Gasteiger partial charge < -0.3 is 19.9 Å². The maximum Gasteiger partial charge on any atom is 0.338 e. The number of carbonyl (C=O) groups excluding carboxylic acids is 1. The number of hydrogen-bond donors (Lipinski definition) is 3. The first-order valence-electron chi connectivity index (χ1n) is 5.60. The van der Waals surface area contributed by atoms with Gasteiger partial charge in [0, 0.05) is 17.8 Å². The fourth-order valence-corrected chi connectivity index (χ4v) is 1.77. The standard InChI is InChI=1S/C12H14N2O4/c1-2-18-12(17)10(16)9(15)7-3-5-13-11-8(7)4-6-14-11/h3-6,9-10,15-16H,2H2,1H3,(H,13,14). The highest BCUT2D eigenvalue weighted by atomic mass is 16.5. The molecule has 3 N–H and O–H groups in total. The number of H-pyrrole nitrogens is 1. The van der Waals surface area contributed by atoms with Crippen molar-refractivity contribution in [2.75, 3.05) is 6.61 Å². The van der Waals surface area contributed by atoms with Gasteiger partial charge in [0.15, 0.2) is 6.10 Å². The van der Waals surface area contributed by atoms with E-state index < -0.39 is 18.2 Å². The molecule has 2 heterocycles. The lowest BCUT2D eigenvalue weighted by molar-refractivity contribution is -0.159. The molecule has 2 aromatic heterocycles. The van der Waals surface area contributed by atoms with Crippen molar-refractivity contribution < 1.29 is 19.7 Å². The number of hydrogen-bond acceptors (Lipinski definition) is 5. The predicted molar refractivity (Wildman–Crippen MR) is 63.7 cm³/mol. The smallest absolute Gasteiger partial charge is 0.338 e. The van der Waals surface area contributed by atoms with Crippen molar-refractivity contribution in [2.45, 2.75) is 19.1 Å². The molecule has 2 rings (SSSR count). The third-order valence-corrected chi connectivity index (χ3v) is 2.64. The average Bonchev–Trinajstić information content (AvgIpc) is 2.85. The van der Waals surface area contributed by atoms with Crippen LogP contribution < -0.4 is 0 Å². The van der Waals surface area contributed by atoms with Crippen LogP contribution in [0, 0.1) is 0 Å². The fourth-order valence-electron chi connectivity index (χ4n) is 1.77. The van der Waals surface area contributed by atoms with Crippen LogP contribution in [0.1, 0.15) is 18.6 Å². The van der Waals surface area contributed by atoms with Gasteiger partial charge in [-0.05, 0) is 24.6 Å². The molecule has 0 aromatic carbocycles. The molecule has 6 nitrogen and oxygen atoms in total. The number of esters is 1. The first-order valence-corrected chi connectivity index (χ1v) is 5.60. The Morgan fingerprint density at radius 1 is 1.50 bits per heavy atom. The molecule has 0 aliphatic rings. The normalized spacial score (nSPS) is 14.4. The molecule has 0 fully saturated rings. The lowest BCUT2D eigenvalue weighted by Crippen LogP contribution is -2.30. The van der Waals surface area contributed by atoms with Gasteiger partial charge in [0.05, 0.1) is 6.61 Å². The molecule has 2 unspecified atom stereocenters. The fraction of sp³-hybridized carbons (Fsp3) is 0.333. The van der Waals surface area contributed by atoms with Gasteiger partial charge in [0.2, 0.25) is 0 Å². The largest absolute Gasteiger partial charge is 0.464 e. The lowest BCUT2D eigenvalue weighted by atomic mass is 10.0. The summed E-state index contributed by atoms with van der Waals surface area (Å²) in [5.41, 5.74) is 1.02. The Morgan fingerprint density at radius 3 is 3.00 bits per heavy atom. The molecule has 6 heteroatoms. The average molecular weight is 250 g/mol. The molecule has 0 aliphatic carbocycles. The van der Waals surface area contributed by atoms with Crippen LogP contribution in [-0.4, -0.2) is 38.9 Å². The van der Waals surface area contributed by atoms with E-state index in [0.29, 0.717) is 16.6 Å². The van der Waals surface area contributed by atoms with Crippen LogP contribution in [0.25, 0.3) is 11.0 Å². The van der Waals surface area contributed by atoms with Crippen molar-refractivity contribution in [1.29, 1.82) is 0 Å². The van der Waals surface area contributed by atoms with Gasteiger partial charge in [-0.2, -0.15) is 0 Å². The number of aromatic nitrogens is 2. The Bertz CT molecular complexity index is 552. The van der Waals surface area contributed by atoms with Crippen molar-refractivity contribution in [3.8, 4) is 0 Å². The molecular formula is C12H14N2O4. The van der Waals surface area contributed by atoms with E-state index >= 15 is 0 Å². The quantitative estimate of drug-likeness (QED) is 0.687. The zero-order valence-corrected chi connectivity index (χ0v) is 9.83. The van der Waals surface area contributed by atoms with E-state index in [0.717, 1.165) is 0 Å². The third kappa shape index (κ3) is 2.20. The topological polar surface area (TPSA) is 95.4 Å². The minimum atomic E-state index is -1.61. The molecule has 0 amide bonds. The summed E-state index contributed by atoms with van der Waals surface area (Å²) in [5, 5.41) is 20.4. The van der Waals surface area contributed by atoms with Crippen LogP contribution in [0.5, 0.6) is 0 Å². The number of aliphatic hydroxyl groups is 2. The second kappa shape index (κ2) is 5.16. The molecule has 2 atom stereocenters. The molecule has 0 aliphatic heterocycles. The minimum Gasteiger partial charge on any atom is -0.464 e. The lowest BCUT2D eigenvalue weighted by Gasteiger charge is -2.17. The highest BCUT2D eigenvalue weighted by Gasteiger charge is 2.28. The van der Waals surface area contributed by atoms with Crippen LogP contribution in [0.4, 0.5) is 0 Å². The highest BCUT2D eigenvalue weighted by molar-refractivity contribution is 5.82. The second-order valence-electron chi connectivity index (χ2n) is 3.78. The van der Waals surface area contributed by atoms with Gasteiger partial charge in [-0.1, -0.05) is 0 Å². The van der Waals surface area contributed by atoms with Crippen molar-refractivity contribution >= 4 is 17.0 Å². The van der Waals surface area contributed by atoms with E-state index in [2.05, 4.69) is 14.7 Å². The number of nitrogens with zero attached hydrogens (tertiary/aromatic N) is 1. The summed E-state index contributed by atoms with van der Waals surface area (Å²) in [6.45, 7) is 1.78. The van der Waals surface area contributed by atoms with Crippen LogP contribution in [0.3, 0.4) is 0 Å². The summed E-state index contributed by atoms with van der Waals surface area (Å²) in [7, 11) is 0. The van der Waals surface area contributed by atoms with Crippen molar-refractivity contribution in [2.24, 2.45) is 0 Å². The maximum atomic E-state index is 11.4. The molecule has 18 heavy (non-hydrogen) atoms. The summed E-state index contributed by atoms with van der Waals surface area (Å²) < 4.78 is 4.67. The van der Waals surface area contributed by atoms with E-state index in [-0.39, 0.29) is 6.61 Å². The molecule has 0 spiro atoms. The van der Waals surface area contributed by atoms with Gasteiger partial charge >= 0.3 is 5.97 Å². The molecule has 0 radical (unpaired) electrons. The van der Waals surface area contributed by atoms with Gasteiger partial charge in [-0.25, -0.2) is 9.78 Å². The number of rotatable bonds is 4. The zero-order chi connectivity index (χ0) is 13.1. The molecule has 2 aromatic rings. The summed E-state index contributed by atoms with van der Waals surface area (Å²) in [4.78, 5) is 18.3. The number of aliphatic hydroxyl groups excluding tert-OH is 2. The first-order chi connectivity index (χ1) is 8.65. The van der Waals surface area contributed by atoms with Crippen molar-refractivity contribution in [3.05, 3.63) is 30.1 Å². The Hall–Kier alpha value is -1.92. The van der Waals surface area contributed by atoms with Crippen LogP contribution >= 0.6 is 0 Å². The molecule has 0 saturated heterocycles. The second-order valence-corrected chi connectivity index (χ2v) is 3.78. The Morgan fingerprint density at radius 2 is 2.28 bits per heavy atom. The van der Waals surface area contributed by atoms with E-state index in [1.54, 1.807) is 25.3 Å². The SMILES string of the molecule is CCOC(=O)C(O)C(O)c1ccnc2[nH]ccc12. The maximum absolute atomic E-state index is 11.4. The number of aromatic amines is 1. The summed E-state index contributed by atoms with van der Waals surface area (Å²) >= 11 is 0. The Labute approximate surface area is 103 Å². The summed E-state index contributed by atoms with van der Waals surface area (Å²) in [5.74, 6) is -0.842. The summed E-state index contributed by atoms with van der Waals surface area (Å²) in [6, 6.07) is 3.28. The number of pyridine rings is 1. The van der Waals surface area contributed by atoms with Crippen LogP contribution in [0.2, 0.25) is 0 Å². The molecule has 0 bridgehead atoms. The number of carbonyl (C=O) groups is 1. The van der Waals surface area contributed by atoms with E-state index in [4.69, 9.17) is 0 Å². The van der Waals surface area contributed by atoms with Gasteiger partial charge in [-0.15, -0.1) is 0 Å². The predicted octanol–water partition coefficient (Wildman–Crippen LogP) is 0.520. The number of ether oxygens (including phenoxy) is 1. The van der Waals surface area contributed by atoms with E-state index in [9.17, 15) is 15.0 Å². The Balaban J connectivity index is 2.30. The monoisotopic (exact) mass is 250 g/mol. The van der Waals surface area contributed by atoms with Gasteiger partial charge in [0.1, 0.15) is 11.8 Å². The van der Waals surface area contributed by atoms with Crippen LogP contribution in [0.15, 0.2) is 24.5 Å². The van der Waals surface area contributed by atoms with Crippen molar-refractivity contribution in [3.63, 3.8) is 0 Å². The minimum absolute atomic E-state index is 0.151. The zero-order valence-electron chi connectivity index (χ0n) is 9.83. The van der Waals surface area contributed by atoms with E-state index in [1.165, 1.54) is 6.20 Å². The van der Waals surface area contributed by atoms with Gasteiger partial charge in [0.25, 0.3) is 0 Å². The molecular weight excluding hydrogens is 236 g/mol. The third-order valence-electron chi connectivity index (χ3n) is 2.64. The van der Waals surface area contributed by atoms with E-state index in [1.807, 2.05) is 0 Å². The summed E-state index contributed by atoms with van der Waals surface area (Å²) in [6.07, 6.45) is 0.218. The molecule has 96 valence electrons. The van der Waals surface area contributed by atoms with Gasteiger partial charge in [-0.3, -0.25) is 0 Å². The van der Waals surface area contributed by atoms with Crippen LogP contribution in [-0.2, 0) is 9.53 Å². The number of nitrogens with one attached hydrogen (secondary N) is 1.